The third-order valence-electron chi connectivity index (χ3n) is 3.10. The van der Waals surface area contributed by atoms with E-state index in [1.807, 2.05) is 36.9 Å². The normalized spacial score (nSPS) is 21.9. The summed E-state index contributed by atoms with van der Waals surface area (Å²) in [6, 6.07) is 5.78. The number of rotatable bonds is 2. The number of benzene rings is 1. The van der Waals surface area contributed by atoms with Gasteiger partial charge in [0.1, 0.15) is 0 Å². The topological polar surface area (TPSA) is 29.5 Å². The monoisotopic (exact) mass is 515 g/mol. The minimum Gasteiger partial charge on any atom is -0.368 e. The molecule has 0 aromatic heterocycles. The number of amides is 1. The van der Waals surface area contributed by atoms with Crippen molar-refractivity contribution in [3.05, 3.63) is 31.8 Å². The maximum Gasteiger partial charge on any atom is 0.255 e. The molecule has 1 saturated heterocycles. The molecule has 0 N–H and O–H groups in total. The minimum absolute atomic E-state index is 0.0347. The van der Waals surface area contributed by atoms with Crippen LogP contribution < -0.4 is 0 Å². The van der Waals surface area contributed by atoms with E-state index in [0.29, 0.717) is 13.1 Å². The van der Waals surface area contributed by atoms with Crippen molar-refractivity contribution in [3.8, 4) is 0 Å². The van der Waals surface area contributed by atoms with Crippen molar-refractivity contribution in [2.45, 2.75) is 25.6 Å². The Balaban J connectivity index is 2.25. The van der Waals surface area contributed by atoms with Gasteiger partial charge in [-0.05, 0) is 54.6 Å². The molecule has 0 bridgehead atoms. The summed E-state index contributed by atoms with van der Waals surface area (Å²) < 4.78 is 7.83. The Hall–Kier alpha value is 0.340. The Morgan fingerprint density at radius 3 is 2.90 bits per heavy atom. The van der Waals surface area contributed by atoms with Crippen LogP contribution in [-0.2, 0) is 4.74 Å². The summed E-state index contributed by atoms with van der Waals surface area (Å²) >= 11 is 9.08. The maximum atomic E-state index is 12.8. The Kier molecular flexibility index (Phi) is 5.53. The Labute approximate surface area is 149 Å². The standard InChI is InChI=1S/C14H16Br2INO2/c1-14(2)8-18(7-10(6-15)20-14)13(19)11-5-9(16)3-4-12(11)17/h3-5,10H,6-8H2,1-2H3. The van der Waals surface area contributed by atoms with Crippen LogP contribution in [0.3, 0.4) is 0 Å². The van der Waals surface area contributed by atoms with Gasteiger partial charge in [-0.25, -0.2) is 0 Å². The molecular formula is C14H16Br2INO2. The van der Waals surface area contributed by atoms with E-state index in [4.69, 9.17) is 4.74 Å². The lowest BCUT2D eigenvalue weighted by Crippen LogP contribution is -2.55. The van der Waals surface area contributed by atoms with Gasteiger partial charge in [-0.2, -0.15) is 0 Å². The second-order valence-corrected chi connectivity index (χ2v) is 8.19. The van der Waals surface area contributed by atoms with Gasteiger partial charge >= 0.3 is 0 Å². The summed E-state index contributed by atoms with van der Waals surface area (Å²) in [6.45, 7) is 5.27. The molecule has 1 aromatic rings. The van der Waals surface area contributed by atoms with E-state index in [2.05, 4.69) is 54.5 Å². The Bertz CT molecular complexity index is 522. The lowest BCUT2D eigenvalue weighted by Gasteiger charge is -2.42. The van der Waals surface area contributed by atoms with Gasteiger partial charge in [0.2, 0.25) is 0 Å². The quantitative estimate of drug-likeness (QED) is 0.438. The number of morpholine rings is 1. The summed E-state index contributed by atoms with van der Waals surface area (Å²) in [5.41, 5.74) is 0.426. The van der Waals surface area contributed by atoms with Crippen LogP contribution >= 0.6 is 54.5 Å². The highest BCUT2D eigenvalue weighted by Crippen LogP contribution is 2.26. The molecule has 0 saturated carbocycles. The SMILES string of the molecule is CC1(C)CN(C(=O)c2cc(Br)ccc2I)CC(CBr)O1. The van der Waals surface area contributed by atoms with Crippen molar-refractivity contribution in [2.75, 3.05) is 18.4 Å². The second-order valence-electron chi connectivity index (χ2n) is 5.46. The van der Waals surface area contributed by atoms with Crippen LogP contribution in [0, 0.1) is 3.57 Å². The lowest BCUT2D eigenvalue weighted by molar-refractivity contribution is -0.116. The first-order chi connectivity index (χ1) is 9.32. The van der Waals surface area contributed by atoms with Crippen molar-refractivity contribution in [1.82, 2.24) is 4.90 Å². The minimum atomic E-state index is -0.316. The fourth-order valence-corrected chi connectivity index (χ4v) is 3.63. The van der Waals surface area contributed by atoms with E-state index in [1.165, 1.54) is 0 Å². The molecular weight excluding hydrogens is 501 g/mol. The Morgan fingerprint density at radius 1 is 1.55 bits per heavy atom. The van der Waals surface area contributed by atoms with Gasteiger partial charge in [-0.1, -0.05) is 31.9 Å². The molecule has 1 unspecified atom stereocenters. The number of ether oxygens (including phenoxy) is 1. The van der Waals surface area contributed by atoms with Gasteiger partial charge in [-0.15, -0.1) is 0 Å². The van der Waals surface area contributed by atoms with Crippen LogP contribution in [0.25, 0.3) is 0 Å². The highest BCUT2D eigenvalue weighted by Gasteiger charge is 2.35. The molecule has 3 nitrogen and oxygen atoms in total. The third kappa shape index (κ3) is 3.96. The van der Waals surface area contributed by atoms with Crippen LogP contribution in [0.15, 0.2) is 22.7 Å². The molecule has 0 spiro atoms. The summed E-state index contributed by atoms with van der Waals surface area (Å²) in [6.07, 6.45) is 0.0347. The van der Waals surface area contributed by atoms with Gasteiger partial charge in [-0.3, -0.25) is 4.79 Å². The average molecular weight is 517 g/mol. The zero-order valence-electron chi connectivity index (χ0n) is 11.3. The summed E-state index contributed by atoms with van der Waals surface area (Å²) in [4.78, 5) is 14.6. The number of alkyl halides is 1. The maximum absolute atomic E-state index is 12.8. The Morgan fingerprint density at radius 2 is 2.25 bits per heavy atom. The van der Waals surface area contributed by atoms with Crippen molar-refractivity contribution >= 4 is 60.4 Å². The third-order valence-corrected chi connectivity index (χ3v) is 5.26. The van der Waals surface area contributed by atoms with Gasteiger partial charge in [0.25, 0.3) is 5.91 Å². The first-order valence-corrected chi connectivity index (χ1v) is 9.30. The van der Waals surface area contributed by atoms with Crippen molar-refractivity contribution in [3.63, 3.8) is 0 Å². The molecule has 1 heterocycles. The number of hydrogen-bond acceptors (Lipinski definition) is 2. The second kappa shape index (κ2) is 6.62. The molecule has 1 aliphatic rings. The van der Waals surface area contributed by atoms with E-state index < -0.39 is 0 Å². The average Bonchev–Trinajstić information content (AvgIpc) is 2.38. The summed E-state index contributed by atoms with van der Waals surface area (Å²) in [7, 11) is 0. The van der Waals surface area contributed by atoms with Crippen LogP contribution in [0.2, 0.25) is 0 Å². The molecule has 2 rings (SSSR count). The van der Waals surface area contributed by atoms with E-state index in [1.54, 1.807) is 0 Å². The van der Waals surface area contributed by atoms with Crippen LogP contribution in [0.1, 0.15) is 24.2 Å². The number of hydrogen-bond donors (Lipinski definition) is 0. The molecule has 1 amide bonds. The van der Waals surface area contributed by atoms with Crippen molar-refractivity contribution in [2.24, 2.45) is 0 Å². The number of nitrogens with zero attached hydrogens (tertiary/aromatic N) is 1. The number of carbonyl (C=O) groups excluding carboxylic acids is 1. The predicted molar refractivity (Wildman–Crippen MR) is 95.5 cm³/mol. The molecule has 20 heavy (non-hydrogen) atoms. The van der Waals surface area contributed by atoms with Gasteiger partial charge < -0.3 is 9.64 Å². The molecule has 1 atom stereocenters. The van der Waals surface area contributed by atoms with E-state index in [9.17, 15) is 4.79 Å². The van der Waals surface area contributed by atoms with Crippen LogP contribution in [0.5, 0.6) is 0 Å². The molecule has 0 radical (unpaired) electrons. The predicted octanol–water partition coefficient (Wildman–Crippen LogP) is 4.07. The number of halogens is 3. The number of carbonyl (C=O) groups is 1. The van der Waals surface area contributed by atoms with E-state index in [0.717, 1.165) is 18.9 Å². The first-order valence-electron chi connectivity index (χ1n) is 6.30. The molecule has 1 aromatic carbocycles. The molecule has 0 aliphatic carbocycles. The van der Waals surface area contributed by atoms with Crippen molar-refractivity contribution in [1.29, 1.82) is 0 Å². The van der Waals surface area contributed by atoms with Gasteiger partial charge in [0, 0.05) is 26.5 Å². The molecule has 6 heteroatoms. The van der Waals surface area contributed by atoms with Crippen molar-refractivity contribution < 1.29 is 9.53 Å². The van der Waals surface area contributed by atoms with Crippen LogP contribution in [-0.4, -0.2) is 40.9 Å². The fourth-order valence-electron chi connectivity index (χ4n) is 2.36. The fraction of sp³-hybridized carbons (Fsp3) is 0.500. The molecule has 1 fully saturated rings. The van der Waals surface area contributed by atoms with Crippen LogP contribution in [0.4, 0.5) is 0 Å². The van der Waals surface area contributed by atoms with E-state index >= 15 is 0 Å². The van der Waals surface area contributed by atoms with Gasteiger partial charge in [0.15, 0.2) is 0 Å². The van der Waals surface area contributed by atoms with E-state index in [-0.39, 0.29) is 17.6 Å². The van der Waals surface area contributed by atoms with Gasteiger partial charge in [0.05, 0.1) is 17.3 Å². The highest BCUT2D eigenvalue weighted by atomic mass is 127. The summed E-state index contributed by atoms with van der Waals surface area (Å²) in [5.74, 6) is 0.0676. The largest absolute Gasteiger partial charge is 0.368 e. The molecule has 110 valence electrons. The zero-order chi connectivity index (χ0) is 14.9. The summed E-state index contributed by atoms with van der Waals surface area (Å²) in [5, 5.41) is 0.732. The zero-order valence-corrected chi connectivity index (χ0v) is 16.7. The molecule has 1 aliphatic heterocycles. The highest BCUT2D eigenvalue weighted by molar-refractivity contribution is 14.1. The first kappa shape index (κ1) is 16.7. The smallest absolute Gasteiger partial charge is 0.255 e. The lowest BCUT2D eigenvalue weighted by atomic mass is 10.0.